The van der Waals surface area contributed by atoms with E-state index in [9.17, 15) is 0 Å². The van der Waals surface area contributed by atoms with Gasteiger partial charge in [0.25, 0.3) is 0 Å². The highest BCUT2D eigenvalue weighted by atomic mass is 35.5. The van der Waals surface area contributed by atoms with Crippen molar-refractivity contribution >= 4 is 23.1 Å². The van der Waals surface area contributed by atoms with Gasteiger partial charge in [-0.1, -0.05) is 29.8 Å². The van der Waals surface area contributed by atoms with E-state index >= 15 is 0 Å². The first-order chi connectivity index (χ1) is 8.24. The zero-order chi connectivity index (χ0) is 12.3. The van der Waals surface area contributed by atoms with Gasteiger partial charge in [-0.25, -0.2) is 4.98 Å². The maximum absolute atomic E-state index is 6.27. The Bertz CT molecular complexity index is 499. The number of hydrogen-bond donors (Lipinski definition) is 1. The van der Waals surface area contributed by atoms with Gasteiger partial charge in [0.2, 0.25) is 0 Å². The lowest BCUT2D eigenvalue weighted by molar-refractivity contribution is 1.04. The number of aromatic nitrogens is 1. The molecule has 0 radical (unpaired) electrons. The van der Waals surface area contributed by atoms with Crippen molar-refractivity contribution in [3.63, 3.8) is 0 Å². The van der Waals surface area contributed by atoms with Crippen LogP contribution in [0.2, 0.25) is 5.02 Å². The number of benzene rings is 1. The van der Waals surface area contributed by atoms with Crippen molar-refractivity contribution in [2.75, 3.05) is 11.9 Å². The third kappa shape index (κ3) is 2.40. The molecule has 2 aromatic rings. The van der Waals surface area contributed by atoms with E-state index in [4.69, 9.17) is 17.3 Å². The molecule has 0 aliphatic heterocycles. The van der Waals surface area contributed by atoms with Gasteiger partial charge in [-0.05, 0) is 23.8 Å². The van der Waals surface area contributed by atoms with Crippen LogP contribution in [0.5, 0.6) is 0 Å². The Kier molecular flexibility index (Phi) is 3.61. The molecule has 4 heteroatoms. The van der Waals surface area contributed by atoms with Crippen LogP contribution < -0.4 is 10.6 Å². The maximum atomic E-state index is 6.27. The summed E-state index contributed by atoms with van der Waals surface area (Å²) >= 11 is 6.27. The molecule has 0 bridgehead atoms. The topological polar surface area (TPSA) is 42.2 Å². The lowest BCUT2D eigenvalue weighted by Gasteiger charge is -2.20. The first kappa shape index (κ1) is 11.9. The fraction of sp³-hybridized carbons (Fsp3) is 0.154. The number of nitrogens with two attached hydrogens (primary N) is 1. The Morgan fingerprint density at radius 3 is 2.59 bits per heavy atom. The van der Waals surface area contributed by atoms with Crippen LogP contribution in [0.4, 0.5) is 11.5 Å². The van der Waals surface area contributed by atoms with Gasteiger partial charge in [0, 0.05) is 25.5 Å². The van der Waals surface area contributed by atoms with Crippen LogP contribution in [0, 0.1) is 0 Å². The van der Waals surface area contributed by atoms with Crippen molar-refractivity contribution in [2.24, 2.45) is 5.73 Å². The van der Waals surface area contributed by atoms with E-state index in [0.717, 1.165) is 17.1 Å². The quantitative estimate of drug-likeness (QED) is 0.907. The number of para-hydroxylation sites is 1. The van der Waals surface area contributed by atoms with Crippen LogP contribution >= 0.6 is 11.6 Å². The smallest absolute Gasteiger partial charge is 0.151 e. The number of pyridine rings is 1. The van der Waals surface area contributed by atoms with Crippen molar-refractivity contribution < 1.29 is 0 Å². The molecule has 0 aliphatic carbocycles. The maximum Gasteiger partial charge on any atom is 0.151 e. The van der Waals surface area contributed by atoms with Gasteiger partial charge in [-0.15, -0.1) is 0 Å². The van der Waals surface area contributed by atoms with Gasteiger partial charge in [0.1, 0.15) is 0 Å². The molecule has 1 aromatic carbocycles. The molecule has 0 spiro atoms. The Morgan fingerprint density at radius 2 is 1.94 bits per heavy atom. The van der Waals surface area contributed by atoms with Crippen LogP contribution in [-0.2, 0) is 6.54 Å². The highest BCUT2D eigenvalue weighted by molar-refractivity contribution is 6.33. The molecular weight excluding hydrogens is 234 g/mol. The van der Waals surface area contributed by atoms with E-state index in [0.29, 0.717) is 11.6 Å². The van der Waals surface area contributed by atoms with Gasteiger partial charge >= 0.3 is 0 Å². The summed E-state index contributed by atoms with van der Waals surface area (Å²) in [5.74, 6) is 0.723. The molecule has 0 saturated heterocycles. The second-order valence-corrected chi connectivity index (χ2v) is 4.08. The van der Waals surface area contributed by atoms with Gasteiger partial charge in [-0.3, -0.25) is 0 Å². The molecule has 1 heterocycles. The van der Waals surface area contributed by atoms with E-state index in [1.807, 2.05) is 48.3 Å². The van der Waals surface area contributed by atoms with Gasteiger partial charge < -0.3 is 10.6 Å². The Morgan fingerprint density at radius 1 is 1.24 bits per heavy atom. The summed E-state index contributed by atoms with van der Waals surface area (Å²) in [4.78, 5) is 6.25. The average molecular weight is 248 g/mol. The Labute approximate surface area is 106 Å². The fourth-order valence-corrected chi connectivity index (χ4v) is 1.95. The molecule has 0 unspecified atom stereocenters. The normalized spacial score (nSPS) is 10.3. The first-order valence-electron chi connectivity index (χ1n) is 5.36. The van der Waals surface area contributed by atoms with Crippen molar-refractivity contribution in [3.05, 3.63) is 53.2 Å². The van der Waals surface area contributed by atoms with E-state index in [1.54, 1.807) is 6.20 Å². The van der Waals surface area contributed by atoms with Crippen molar-refractivity contribution in [1.29, 1.82) is 0 Å². The summed E-state index contributed by atoms with van der Waals surface area (Å²) in [5, 5.41) is 0.612. The van der Waals surface area contributed by atoms with E-state index < -0.39 is 0 Å². The van der Waals surface area contributed by atoms with Crippen molar-refractivity contribution in [2.45, 2.75) is 6.54 Å². The standard InChI is InChI=1S/C13H14ClN3/c1-17(11-5-3-2-4-6-11)13-12(14)10(9-15)7-8-16-13/h2-8H,9,15H2,1H3. The van der Waals surface area contributed by atoms with Crippen LogP contribution in [-0.4, -0.2) is 12.0 Å². The number of hydrogen-bond acceptors (Lipinski definition) is 3. The minimum atomic E-state index is 0.414. The summed E-state index contributed by atoms with van der Waals surface area (Å²) in [6, 6.07) is 11.8. The molecule has 3 nitrogen and oxygen atoms in total. The molecule has 0 fully saturated rings. The molecule has 17 heavy (non-hydrogen) atoms. The Balaban J connectivity index is 2.41. The second-order valence-electron chi connectivity index (χ2n) is 3.71. The first-order valence-corrected chi connectivity index (χ1v) is 5.74. The fourth-order valence-electron chi connectivity index (χ4n) is 1.64. The molecule has 1 aromatic heterocycles. The van der Waals surface area contributed by atoms with E-state index in [1.165, 1.54) is 0 Å². The minimum absolute atomic E-state index is 0.414. The van der Waals surface area contributed by atoms with Crippen molar-refractivity contribution in [3.8, 4) is 0 Å². The average Bonchev–Trinajstić information content (AvgIpc) is 2.39. The summed E-state index contributed by atoms with van der Waals surface area (Å²) in [6.07, 6.45) is 1.73. The van der Waals surface area contributed by atoms with Crippen LogP contribution in [0.15, 0.2) is 42.6 Å². The molecule has 0 saturated carbocycles. The summed E-state index contributed by atoms with van der Waals surface area (Å²) in [6.45, 7) is 0.414. The lowest BCUT2D eigenvalue weighted by atomic mass is 10.2. The molecule has 0 aliphatic rings. The molecule has 0 atom stereocenters. The zero-order valence-electron chi connectivity index (χ0n) is 9.60. The van der Waals surface area contributed by atoms with Gasteiger partial charge in [0.05, 0.1) is 5.02 Å². The molecule has 2 N–H and O–H groups in total. The number of anilines is 2. The predicted molar refractivity (Wildman–Crippen MR) is 71.6 cm³/mol. The molecule has 0 amide bonds. The van der Waals surface area contributed by atoms with Crippen LogP contribution in [0.3, 0.4) is 0 Å². The second kappa shape index (κ2) is 5.17. The van der Waals surface area contributed by atoms with E-state index in [2.05, 4.69) is 4.98 Å². The number of halogens is 1. The largest absolute Gasteiger partial charge is 0.328 e. The summed E-state index contributed by atoms with van der Waals surface area (Å²) < 4.78 is 0. The number of nitrogens with zero attached hydrogens (tertiary/aromatic N) is 2. The lowest BCUT2D eigenvalue weighted by Crippen LogP contribution is -2.13. The monoisotopic (exact) mass is 247 g/mol. The predicted octanol–water partition coefficient (Wildman–Crippen LogP) is 2.96. The highest BCUT2D eigenvalue weighted by Gasteiger charge is 2.11. The highest BCUT2D eigenvalue weighted by Crippen LogP contribution is 2.30. The van der Waals surface area contributed by atoms with Gasteiger partial charge in [-0.2, -0.15) is 0 Å². The van der Waals surface area contributed by atoms with Gasteiger partial charge in [0.15, 0.2) is 5.82 Å². The summed E-state index contributed by atoms with van der Waals surface area (Å²) in [7, 11) is 1.93. The third-order valence-electron chi connectivity index (χ3n) is 2.63. The minimum Gasteiger partial charge on any atom is -0.328 e. The Hall–Kier alpha value is -1.58. The SMILES string of the molecule is CN(c1ccccc1)c1nccc(CN)c1Cl. The van der Waals surface area contributed by atoms with Crippen LogP contribution in [0.1, 0.15) is 5.56 Å². The summed E-state index contributed by atoms with van der Waals surface area (Å²) in [5.41, 5.74) is 7.57. The zero-order valence-corrected chi connectivity index (χ0v) is 10.4. The molecule has 2 rings (SSSR count). The van der Waals surface area contributed by atoms with Crippen LogP contribution in [0.25, 0.3) is 0 Å². The van der Waals surface area contributed by atoms with E-state index in [-0.39, 0.29) is 0 Å². The van der Waals surface area contributed by atoms with Crippen molar-refractivity contribution in [1.82, 2.24) is 4.98 Å². The third-order valence-corrected chi connectivity index (χ3v) is 3.04. The molecule has 88 valence electrons. The number of rotatable bonds is 3. The molecular formula is C13H14ClN3.